The summed E-state index contributed by atoms with van der Waals surface area (Å²) in [6.07, 6.45) is 0. The summed E-state index contributed by atoms with van der Waals surface area (Å²) in [6, 6.07) is 0. The molecule has 134 valence electrons. The molecule has 3 N–H and O–H groups in total. The fraction of sp³-hybridized carbons (Fsp3) is 0.375. The molecule has 0 unspecified atom stereocenters. The summed E-state index contributed by atoms with van der Waals surface area (Å²) in [4.78, 5) is 36.5. The van der Waals surface area contributed by atoms with Crippen molar-refractivity contribution in [3.63, 3.8) is 0 Å². The SMILES string of the molecule is CCn1nc(C)c(C(=O)Nc2sc(C(N)=O)c(C)c2C(=O)OC)c1C. The van der Waals surface area contributed by atoms with E-state index in [1.807, 2.05) is 6.92 Å². The summed E-state index contributed by atoms with van der Waals surface area (Å²) in [5.74, 6) is -1.72. The molecule has 0 aliphatic carbocycles. The number of ether oxygens (including phenoxy) is 1. The van der Waals surface area contributed by atoms with Crippen LogP contribution in [-0.4, -0.2) is 34.7 Å². The third-order valence-corrected chi connectivity index (χ3v) is 5.12. The molecule has 0 aromatic carbocycles. The number of aromatic nitrogens is 2. The number of methoxy groups -OCH3 is 1. The first kappa shape index (κ1) is 18.7. The van der Waals surface area contributed by atoms with Crippen LogP contribution in [0.15, 0.2) is 0 Å². The zero-order valence-corrected chi connectivity index (χ0v) is 15.5. The number of aryl methyl sites for hydroxylation is 2. The average Bonchev–Trinajstić information content (AvgIpc) is 3.03. The maximum atomic E-state index is 12.7. The van der Waals surface area contributed by atoms with E-state index in [4.69, 9.17) is 10.5 Å². The largest absolute Gasteiger partial charge is 0.465 e. The van der Waals surface area contributed by atoms with E-state index in [9.17, 15) is 14.4 Å². The lowest BCUT2D eigenvalue weighted by atomic mass is 10.1. The maximum Gasteiger partial charge on any atom is 0.341 e. The maximum absolute atomic E-state index is 12.7. The third-order valence-electron chi connectivity index (χ3n) is 3.90. The van der Waals surface area contributed by atoms with Gasteiger partial charge in [0.2, 0.25) is 0 Å². The molecule has 2 amide bonds. The summed E-state index contributed by atoms with van der Waals surface area (Å²) < 4.78 is 6.48. The van der Waals surface area contributed by atoms with Crippen molar-refractivity contribution >= 4 is 34.1 Å². The van der Waals surface area contributed by atoms with Gasteiger partial charge in [-0.15, -0.1) is 11.3 Å². The topological polar surface area (TPSA) is 116 Å². The molecule has 0 radical (unpaired) electrons. The number of nitrogens with two attached hydrogens (primary N) is 1. The van der Waals surface area contributed by atoms with Crippen molar-refractivity contribution in [3.05, 3.63) is 33.0 Å². The first-order valence-electron chi connectivity index (χ1n) is 7.59. The van der Waals surface area contributed by atoms with Crippen molar-refractivity contribution in [1.29, 1.82) is 0 Å². The van der Waals surface area contributed by atoms with Gasteiger partial charge in [-0.1, -0.05) is 0 Å². The highest BCUT2D eigenvalue weighted by Gasteiger charge is 2.27. The minimum atomic E-state index is -0.667. The first-order chi connectivity index (χ1) is 11.7. The molecule has 0 fully saturated rings. The Morgan fingerprint density at radius 2 is 1.88 bits per heavy atom. The standard InChI is InChI=1S/C16H20N4O4S/c1-6-20-9(4)11(8(3)19-20)14(22)18-15-10(16(23)24-5)7(2)12(25-15)13(17)21/h6H2,1-5H3,(H2,17,21)(H,18,22). The van der Waals surface area contributed by atoms with Gasteiger partial charge in [-0.25, -0.2) is 4.79 Å². The average molecular weight is 364 g/mol. The number of carbonyl (C=O) groups is 3. The minimum absolute atomic E-state index is 0.132. The van der Waals surface area contributed by atoms with E-state index >= 15 is 0 Å². The van der Waals surface area contributed by atoms with Crippen molar-refractivity contribution in [2.45, 2.75) is 34.2 Å². The zero-order chi connectivity index (χ0) is 18.9. The van der Waals surface area contributed by atoms with E-state index in [0.717, 1.165) is 17.0 Å². The molecule has 0 aliphatic heterocycles. The molecular weight excluding hydrogens is 344 g/mol. The number of carbonyl (C=O) groups excluding carboxylic acids is 3. The fourth-order valence-corrected chi connectivity index (χ4v) is 3.73. The lowest BCUT2D eigenvalue weighted by Gasteiger charge is -2.07. The van der Waals surface area contributed by atoms with Gasteiger partial charge in [-0.05, 0) is 33.3 Å². The van der Waals surface area contributed by atoms with Crippen LogP contribution in [0.4, 0.5) is 5.00 Å². The molecule has 2 heterocycles. The van der Waals surface area contributed by atoms with Crippen molar-refractivity contribution in [3.8, 4) is 0 Å². The van der Waals surface area contributed by atoms with Crippen LogP contribution in [0.25, 0.3) is 0 Å². The highest BCUT2D eigenvalue weighted by molar-refractivity contribution is 7.18. The number of nitrogens with zero attached hydrogens (tertiary/aromatic N) is 2. The quantitative estimate of drug-likeness (QED) is 0.787. The Labute approximate surface area is 149 Å². The van der Waals surface area contributed by atoms with Crippen LogP contribution in [0.1, 0.15) is 54.3 Å². The van der Waals surface area contributed by atoms with Gasteiger partial charge in [0.25, 0.3) is 11.8 Å². The molecule has 2 aromatic rings. The van der Waals surface area contributed by atoms with Gasteiger partial charge in [-0.3, -0.25) is 14.3 Å². The number of esters is 1. The van der Waals surface area contributed by atoms with Crippen LogP contribution in [0.5, 0.6) is 0 Å². The van der Waals surface area contributed by atoms with Crippen molar-refractivity contribution in [2.24, 2.45) is 5.73 Å². The van der Waals surface area contributed by atoms with Gasteiger partial charge >= 0.3 is 5.97 Å². The van der Waals surface area contributed by atoms with E-state index in [1.165, 1.54) is 7.11 Å². The number of thiophene rings is 1. The Hall–Kier alpha value is -2.68. The summed E-state index contributed by atoms with van der Waals surface area (Å²) in [6.45, 7) is 7.69. The Morgan fingerprint density at radius 3 is 2.36 bits per heavy atom. The van der Waals surface area contributed by atoms with Gasteiger partial charge in [0.15, 0.2) is 0 Å². The Bertz CT molecular complexity index is 866. The van der Waals surface area contributed by atoms with E-state index in [1.54, 1.807) is 25.5 Å². The lowest BCUT2D eigenvalue weighted by Crippen LogP contribution is -2.16. The second-order valence-electron chi connectivity index (χ2n) is 5.43. The fourth-order valence-electron chi connectivity index (χ4n) is 2.68. The molecule has 25 heavy (non-hydrogen) atoms. The van der Waals surface area contributed by atoms with Crippen LogP contribution in [-0.2, 0) is 11.3 Å². The van der Waals surface area contributed by atoms with Crippen molar-refractivity contribution in [2.75, 3.05) is 12.4 Å². The number of rotatable bonds is 5. The number of amides is 2. The van der Waals surface area contributed by atoms with Gasteiger partial charge < -0.3 is 15.8 Å². The number of hydrogen-bond donors (Lipinski definition) is 2. The Morgan fingerprint density at radius 1 is 1.24 bits per heavy atom. The molecular formula is C16H20N4O4S. The molecule has 0 saturated carbocycles. The van der Waals surface area contributed by atoms with Gasteiger partial charge in [0, 0.05) is 12.2 Å². The molecule has 0 spiro atoms. The second kappa shape index (κ2) is 7.06. The van der Waals surface area contributed by atoms with E-state index in [0.29, 0.717) is 23.4 Å². The number of anilines is 1. The number of hydrogen-bond acceptors (Lipinski definition) is 6. The first-order valence-corrected chi connectivity index (χ1v) is 8.41. The van der Waals surface area contributed by atoms with Gasteiger partial charge in [-0.2, -0.15) is 5.10 Å². The highest BCUT2D eigenvalue weighted by atomic mass is 32.1. The third kappa shape index (κ3) is 3.27. The second-order valence-corrected chi connectivity index (χ2v) is 6.45. The smallest absolute Gasteiger partial charge is 0.341 e. The Kier molecular flexibility index (Phi) is 5.27. The Balaban J connectivity index is 2.48. The van der Waals surface area contributed by atoms with E-state index in [-0.39, 0.29) is 15.4 Å². The van der Waals surface area contributed by atoms with E-state index < -0.39 is 17.8 Å². The number of primary amides is 1. The van der Waals surface area contributed by atoms with Crippen LogP contribution < -0.4 is 11.1 Å². The molecule has 0 aliphatic rings. The predicted octanol–water partition coefficient (Wildman–Crippen LogP) is 2.03. The zero-order valence-electron chi connectivity index (χ0n) is 14.7. The van der Waals surface area contributed by atoms with Crippen molar-refractivity contribution in [1.82, 2.24) is 9.78 Å². The molecule has 0 saturated heterocycles. The van der Waals surface area contributed by atoms with E-state index in [2.05, 4.69) is 10.4 Å². The molecule has 9 heteroatoms. The van der Waals surface area contributed by atoms with Gasteiger partial charge in [0.1, 0.15) is 5.00 Å². The molecule has 0 atom stereocenters. The lowest BCUT2D eigenvalue weighted by molar-refractivity contribution is 0.0601. The van der Waals surface area contributed by atoms with Gasteiger partial charge in [0.05, 0.1) is 28.8 Å². The van der Waals surface area contributed by atoms with Crippen LogP contribution >= 0.6 is 11.3 Å². The summed E-state index contributed by atoms with van der Waals surface area (Å²) in [5.41, 5.74) is 7.60. The highest BCUT2D eigenvalue weighted by Crippen LogP contribution is 2.34. The molecule has 0 bridgehead atoms. The predicted molar refractivity (Wildman–Crippen MR) is 94.2 cm³/mol. The molecule has 2 rings (SSSR count). The summed E-state index contributed by atoms with van der Waals surface area (Å²) >= 11 is 0.951. The minimum Gasteiger partial charge on any atom is -0.465 e. The number of nitrogens with one attached hydrogen (secondary N) is 1. The van der Waals surface area contributed by atoms with Crippen LogP contribution in [0, 0.1) is 20.8 Å². The van der Waals surface area contributed by atoms with Crippen molar-refractivity contribution < 1.29 is 19.1 Å². The summed E-state index contributed by atoms with van der Waals surface area (Å²) in [7, 11) is 1.23. The van der Waals surface area contributed by atoms with Crippen LogP contribution in [0.2, 0.25) is 0 Å². The monoisotopic (exact) mass is 364 g/mol. The normalized spacial score (nSPS) is 10.6. The summed E-state index contributed by atoms with van der Waals surface area (Å²) in [5, 5.41) is 7.23. The van der Waals surface area contributed by atoms with Crippen LogP contribution in [0.3, 0.4) is 0 Å². The molecule has 8 nitrogen and oxygen atoms in total. The molecule has 2 aromatic heterocycles.